The average Bonchev–Trinajstić information content (AvgIpc) is 2.05. The van der Waals surface area contributed by atoms with Crippen LogP contribution in [0.15, 0.2) is 20.4 Å². The molecule has 0 aromatic carbocycles. The third kappa shape index (κ3) is 1.81. The van der Waals surface area contributed by atoms with Gasteiger partial charge in [0.05, 0.1) is 7.11 Å². The summed E-state index contributed by atoms with van der Waals surface area (Å²) in [6.07, 6.45) is 0. The Kier molecular flexibility index (Phi) is 3.16. The summed E-state index contributed by atoms with van der Waals surface area (Å²) in [6.45, 7) is 0. The summed E-state index contributed by atoms with van der Waals surface area (Å²) < 4.78 is 5.84. The number of pyridine rings is 1. The molecular weight excluding hydrogens is 292 g/mol. The first-order valence-electron chi connectivity index (χ1n) is 2.92. The van der Waals surface area contributed by atoms with Crippen LogP contribution in [-0.4, -0.2) is 12.1 Å². The Balaban J connectivity index is 3.26. The van der Waals surface area contributed by atoms with E-state index in [4.69, 9.17) is 4.74 Å². The third-order valence-electron chi connectivity index (χ3n) is 1.20. The maximum Gasteiger partial charge on any atom is 0.154 e. The number of halogens is 2. The summed E-state index contributed by atoms with van der Waals surface area (Å²) in [5.41, 5.74) is 0.218. The highest BCUT2D eigenvalue weighted by atomic mass is 79.9. The summed E-state index contributed by atoms with van der Waals surface area (Å²) >= 11 is 6.24. The van der Waals surface area contributed by atoms with E-state index in [1.165, 1.54) is 13.2 Å². The Bertz CT molecular complexity index is 317. The van der Waals surface area contributed by atoms with Crippen LogP contribution >= 0.6 is 31.9 Å². The van der Waals surface area contributed by atoms with Crippen LogP contribution in [0.25, 0.3) is 0 Å². The minimum atomic E-state index is 0.218. The monoisotopic (exact) mass is 294 g/mol. The molecule has 4 nitrogen and oxygen atoms in total. The van der Waals surface area contributed by atoms with E-state index in [1.54, 1.807) is 0 Å². The van der Waals surface area contributed by atoms with Gasteiger partial charge in [-0.15, -0.1) is 4.91 Å². The van der Waals surface area contributed by atoms with Crippen molar-refractivity contribution in [2.45, 2.75) is 0 Å². The van der Waals surface area contributed by atoms with Gasteiger partial charge in [-0.1, -0.05) is 0 Å². The number of hydrogen-bond acceptors (Lipinski definition) is 4. The van der Waals surface area contributed by atoms with Crippen LogP contribution in [0.3, 0.4) is 0 Å². The average molecular weight is 296 g/mol. The zero-order valence-electron chi connectivity index (χ0n) is 6.04. The molecule has 1 aromatic rings. The van der Waals surface area contributed by atoms with Crippen molar-refractivity contribution in [1.82, 2.24) is 4.98 Å². The van der Waals surface area contributed by atoms with Gasteiger partial charge in [0.25, 0.3) is 0 Å². The molecule has 1 heterocycles. The van der Waals surface area contributed by atoms with Crippen molar-refractivity contribution in [2.24, 2.45) is 5.18 Å². The number of nitrogens with zero attached hydrogens (tertiary/aromatic N) is 2. The number of hydrogen-bond donors (Lipinski definition) is 0. The Hall–Kier alpha value is -0.490. The van der Waals surface area contributed by atoms with Gasteiger partial charge < -0.3 is 4.74 Å². The lowest BCUT2D eigenvalue weighted by Gasteiger charge is -2.02. The maximum atomic E-state index is 10.2. The summed E-state index contributed by atoms with van der Waals surface area (Å²) in [7, 11) is 1.49. The molecule has 0 aliphatic carbocycles. The highest BCUT2D eigenvalue weighted by Gasteiger charge is 2.08. The van der Waals surface area contributed by atoms with E-state index in [1.807, 2.05) is 0 Å². The van der Waals surface area contributed by atoms with E-state index in [0.29, 0.717) is 15.0 Å². The standard InChI is InChI=1S/C6H4Br2N2O2/c1-12-4-2-3(10-11)5(7)9-6(4)8/h2H,1H3. The molecule has 0 fully saturated rings. The molecular formula is C6H4Br2N2O2. The van der Waals surface area contributed by atoms with Gasteiger partial charge in [-0.25, -0.2) is 4.98 Å². The number of rotatable bonds is 2. The largest absolute Gasteiger partial charge is 0.494 e. The van der Waals surface area contributed by atoms with E-state index in [-0.39, 0.29) is 5.69 Å². The van der Waals surface area contributed by atoms with Crippen LogP contribution in [0.2, 0.25) is 0 Å². The van der Waals surface area contributed by atoms with Crippen LogP contribution in [0.1, 0.15) is 0 Å². The van der Waals surface area contributed by atoms with Gasteiger partial charge in [-0.2, -0.15) is 0 Å². The molecule has 0 amide bonds. The van der Waals surface area contributed by atoms with Crippen molar-refractivity contribution in [1.29, 1.82) is 0 Å². The van der Waals surface area contributed by atoms with E-state index < -0.39 is 0 Å². The number of aromatic nitrogens is 1. The molecule has 0 bridgehead atoms. The summed E-state index contributed by atoms with van der Waals surface area (Å²) in [5, 5.41) is 2.76. The molecule has 6 heteroatoms. The topological polar surface area (TPSA) is 51.5 Å². The normalized spacial score (nSPS) is 9.58. The Labute approximate surface area is 85.6 Å². The summed E-state index contributed by atoms with van der Waals surface area (Å²) in [6, 6.07) is 1.49. The molecule has 64 valence electrons. The molecule has 0 radical (unpaired) electrons. The van der Waals surface area contributed by atoms with Crippen LogP contribution in [0.5, 0.6) is 5.75 Å². The van der Waals surface area contributed by atoms with Crippen molar-refractivity contribution in [3.63, 3.8) is 0 Å². The molecule has 0 aliphatic heterocycles. The maximum absolute atomic E-state index is 10.2. The molecule has 0 spiro atoms. The second-order valence-electron chi connectivity index (χ2n) is 1.88. The van der Waals surface area contributed by atoms with Gasteiger partial charge >= 0.3 is 0 Å². The second kappa shape index (κ2) is 3.95. The van der Waals surface area contributed by atoms with Crippen LogP contribution in [-0.2, 0) is 0 Å². The van der Waals surface area contributed by atoms with E-state index in [2.05, 4.69) is 42.0 Å². The molecule has 12 heavy (non-hydrogen) atoms. The highest BCUT2D eigenvalue weighted by Crippen LogP contribution is 2.32. The number of nitroso groups, excluding NO2 is 1. The first-order valence-corrected chi connectivity index (χ1v) is 4.51. The fourth-order valence-corrected chi connectivity index (χ4v) is 1.70. The predicted molar refractivity (Wildman–Crippen MR) is 51.6 cm³/mol. The van der Waals surface area contributed by atoms with Gasteiger partial charge in [0.15, 0.2) is 5.75 Å². The van der Waals surface area contributed by atoms with Crippen LogP contribution < -0.4 is 4.74 Å². The third-order valence-corrected chi connectivity index (χ3v) is 2.35. The molecule has 0 saturated carbocycles. The number of ether oxygens (including phenoxy) is 1. The molecule has 1 rings (SSSR count). The van der Waals surface area contributed by atoms with Crippen LogP contribution in [0, 0.1) is 4.91 Å². The lowest BCUT2D eigenvalue weighted by molar-refractivity contribution is 0.409. The second-order valence-corrected chi connectivity index (χ2v) is 3.38. The first-order chi connectivity index (χ1) is 5.69. The summed E-state index contributed by atoms with van der Waals surface area (Å²) in [4.78, 5) is 14.1. The van der Waals surface area contributed by atoms with Gasteiger partial charge in [-0.3, -0.25) is 0 Å². The molecule has 0 N–H and O–H groups in total. The fraction of sp³-hybridized carbons (Fsp3) is 0.167. The van der Waals surface area contributed by atoms with Gasteiger partial charge in [-0.05, 0) is 37.0 Å². The molecule has 0 saturated heterocycles. The first kappa shape index (κ1) is 9.60. The Morgan fingerprint density at radius 2 is 2.17 bits per heavy atom. The van der Waals surface area contributed by atoms with Crippen molar-refractivity contribution >= 4 is 37.5 Å². The van der Waals surface area contributed by atoms with Crippen molar-refractivity contribution in [3.05, 3.63) is 20.2 Å². The predicted octanol–water partition coefficient (Wildman–Crippen LogP) is 3.01. The van der Waals surface area contributed by atoms with Crippen molar-refractivity contribution in [2.75, 3.05) is 7.11 Å². The smallest absolute Gasteiger partial charge is 0.154 e. The molecule has 1 aromatic heterocycles. The SMILES string of the molecule is COc1cc(N=O)c(Br)nc1Br. The molecule has 0 atom stereocenters. The molecule has 0 unspecified atom stereocenters. The van der Waals surface area contributed by atoms with E-state index in [0.717, 1.165) is 0 Å². The fourth-order valence-electron chi connectivity index (χ4n) is 0.649. The quantitative estimate of drug-likeness (QED) is 0.622. The zero-order valence-corrected chi connectivity index (χ0v) is 9.22. The lowest BCUT2D eigenvalue weighted by Crippen LogP contribution is -1.87. The van der Waals surface area contributed by atoms with Gasteiger partial charge in [0.1, 0.15) is 14.9 Å². The van der Waals surface area contributed by atoms with E-state index in [9.17, 15) is 4.91 Å². The minimum Gasteiger partial charge on any atom is -0.494 e. The van der Waals surface area contributed by atoms with Gasteiger partial charge in [0.2, 0.25) is 0 Å². The zero-order chi connectivity index (χ0) is 9.14. The van der Waals surface area contributed by atoms with Crippen molar-refractivity contribution in [3.8, 4) is 5.75 Å². The summed E-state index contributed by atoms with van der Waals surface area (Å²) in [5.74, 6) is 0.479. The Morgan fingerprint density at radius 1 is 1.50 bits per heavy atom. The highest BCUT2D eigenvalue weighted by molar-refractivity contribution is 9.11. The van der Waals surface area contributed by atoms with E-state index >= 15 is 0 Å². The molecule has 0 aliphatic rings. The van der Waals surface area contributed by atoms with Gasteiger partial charge in [0, 0.05) is 6.07 Å². The van der Waals surface area contributed by atoms with Crippen LogP contribution in [0.4, 0.5) is 5.69 Å². The Morgan fingerprint density at radius 3 is 2.67 bits per heavy atom. The number of methoxy groups -OCH3 is 1. The van der Waals surface area contributed by atoms with Crippen molar-refractivity contribution < 1.29 is 4.74 Å². The lowest BCUT2D eigenvalue weighted by atomic mass is 10.4. The minimum absolute atomic E-state index is 0.218.